The number of rotatable bonds is 3. The van der Waals surface area contributed by atoms with Crippen molar-refractivity contribution in [2.24, 2.45) is 0 Å². The molecule has 1 aliphatic heterocycles. The summed E-state index contributed by atoms with van der Waals surface area (Å²) in [6, 6.07) is 8.10. The molecule has 0 saturated heterocycles. The van der Waals surface area contributed by atoms with Crippen molar-refractivity contribution in [3.8, 4) is 0 Å². The number of fused-ring (bicyclic) bond motifs is 1. The lowest BCUT2D eigenvalue weighted by Gasteiger charge is -2.21. The maximum atomic E-state index is 12.3. The van der Waals surface area contributed by atoms with Crippen LogP contribution in [0.25, 0.3) is 0 Å². The van der Waals surface area contributed by atoms with E-state index in [1.165, 1.54) is 5.56 Å². The quantitative estimate of drug-likeness (QED) is 0.928. The van der Waals surface area contributed by atoms with Gasteiger partial charge in [0.25, 0.3) is 0 Å². The number of anilines is 1. The van der Waals surface area contributed by atoms with E-state index in [0.29, 0.717) is 0 Å². The molecule has 0 radical (unpaired) electrons. The molecule has 0 spiro atoms. The number of aromatic nitrogens is 2. The van der Waals surface area contributed by atoms with E-state index in [1.807, 2.05) is 40.8 Å². The van der Waals surface area contributed by atoms with E-state index in [0.717, 1.165) is 25.2 Å². The maximum absolute atomic E-state index is 12.3. The van der Waals surface area contributed by atoms with Gasteiger partial charge in [-0.15, -0.1) is 0 Å². The van der Waals surface area contributed by atoms with Crippen molar-refractivity contribution in [1.29, 1.82) is 0 Å². The van der Waals surface area contributed by atoms with Crippen molar-refractivity contribution in [2.75, 3.05) is 11.4 Å². The van der Waals surface area contributed by atoms with Crippen LogP contribution >= 0.6 is 0 Å². The summed E-state index contributed by atoms with van der Waals surface area (Å²) in [6.45, 7) is 3.48. The number of benzene rings is 1. The molecule has 0 bridgehead atoms. The van der Waals surface area contributed by atoms with E-state index >= 15 is 0 Å². The van der Waals surface area contributed by atoms with Crippen LogP contribution in [-0.4, -0.2) is 28.2 Å². The minimum Gasteiger partial charge on any atom is -0.335 e. The molecule has 1 N–H and O–H groups in total. The number of carbonyl (C=O) groups is 1. The third-order valence-electron chi connectivity index (χ3n) is 3.55. The molecule has 0 saturated carbocycles. The Labute approximate surface area is 118 Å². The first kappa shape index (κ1) is 12.7. The lowest BCUT2D eigenvalue weighted by Crippen LogP contribution is -2.44. The Morgan fingerprint density at radius 2 is 2.30 bits per heavy atom. The predicted octanol–water partition coefficient (Wildman–Crippen LogP) is 2.04. The molecule has 1 unspecified atom stereocenters. The minimum atomic E-state index is -0.0254. The van der Waals surface area contributed by atoms with Gasteiger partial charge >= 0.3 is 6.03 Å². The zero-order chi connectivity index (χ0) is 13.9. The molecule has 20 heavy (non-hydrogen) atoms. The molecule has 0 fully saturated rings. The number of hydrogen-bond donors (Lipinski definition) is 1. The first-order valence-corrected chi connectivity index (χ1v) is 6.86. The van der Waals surface area contributed by atoms with Gasteiger partial charge in [0, 0.05) is 37.2 Å². The largest absolute Gasteiger partial charge is 0.335 e. The fraction of sp³-hybridized carbons (Fsp3) is 0.333. The van der Waals surface area contributed by atoms with Crippen molar-refractivity contribution >= 4 is 11.7 Å². The number of nitrogens with zero attached hydrogens (tertiary/aromatic N) is 3. The molecule has 1 atom stereocenters. The Kier molecular flexibility index (Phi) is 3.41. The number of imidazole rings is 1. The molecule has 2 aromatic rings. The van der Waals surface area contributed by atoms with Gasteiger partial charge < -0.3 is 9.88 Å². The summed E-state index contributed by atoms with van der Waals surface area (Å²) in [6.07, 6.45) is 6.33. The molecule has 5 heteroatoms. The van der Waals surface area contributed by atoms with Gasteiger partial charge in [-0.3, -0.25) is 4.90 Å². The molecular weight excluding hydrogens is 252 g/mol. The summed E-state index contributed by atoms with van der Waals surface area (Å²) >= 11 is 0. The highest BCUT2D eigenvalue weighted by Gasteiger charge is 2.24. The van der Waals surface area contributed by atoms with Crippen LogP contribution in [0.2, 0.25) is 0 Å². The number of carbonyl (C=O) groups excluding carboxylic acids is 1. The van der Waals surface area contributed by atoms with Crippen molar-refractivity contribution < 1.29 is 4.79 Å². The standard InChI is InChI=1S/C15H18N4O/c1-12(10-18-9-7-16-11-18)17-15(20)19-8-6-13-4-2-3-5-14(13)19/h2-5,7,9,11-12H,6,8,10H2,1H3,(H,17,20). The number of para-hydroxylation sites is 1. The Bertz CT molecular complexity index is 594. The molecule has 2 amide bonds. The summed E-state index contributed by atoms with van der Waals surface area (Å²) in [5, 5.41) is 3.04. The van der Waals surface area contributed by atoms with E-state index in [2.05, 4.69) is 16.4 Å². The number of hydrogen-bond acceptors (Lipinski definition) is 2. The summed E-state index contributed by atoms with van der Waals surface area (Å²) in [5.41, 5.74) is 2.27. The van der Waals surface area contributed by atoms with Gasteiger partial charge in [0.1, 0.15) is 0 Å². The SMILES string of the molecule is CC(Cn1ccnc1)NC(=O)N1CCc2ccccc21. The van der Waals surface area contributed by atoms with E-state index in [9.17, 15) is 4.79 Å². The Morgan fingerprint density at radius 1 is 1.45 bits per heavy atom. The average molecular weight is 270 g/mol. The van der Waals surface area contributed by atoms with Gasteiger partial charge in [-0.2, -0.15) is 0 Å². The van der Waals surface area contributed by atoms with Gasteiger partial charge in [0.2, 0.25) is 0 Å². The maximum Gasteiger partial charge on any atom is 0.322 e. The Hall–Kier alpha value is -2.30. The van der Waals surface area contributed by atoms with E-state index < -0.39 is 0 Å². The van der Waals surface area contributed by atoms with Crippen molar-refractivity contribution in [3.63, 3.8) is 0 Å². The molecule has 1 aromatic heterocycles. The van der Waals surface area contributed by atoms with Gasteiger partial charge in [0.05, 0.1) is 6.33 Å². The molecule has 2 heterocycles. The molecular formula is C15H18N4O. The number of nitrogens with one attached hydrogen (secondary N) is 1. The molecule has 3 rings (SSSR count). The van der Waals surface area contributed by atoms with Crippen LogP contribution in [0.4, 0.5) is 10.5 Å². The average Bonchev–Trinajstić information content (AvgIpc) is 3.07. The second-order valence-corrected chi connectivity index (χ2v) is 5.14. The lowest BCUT2D eigenvalue weighted by molar-refractivity contribution is 0.242. The van der Waals surface area contributed by atoms with Crippen LogP contribution in [0.5, 0.6) is 0 Å². The number of urea groups is 1. The first-order chi connectivity index (χ1) is 9.74. The van der Waals surface area contributed by atoms with Crippen molar-refractivity contribution in [3.05, 3.63) is 48.5 Å². The van der Waals surface area contributed by atoms with Crippen LogP contribution in [0.1, 0.15) is 12.5 Å². The van der Waals surface area contributed by atoms with Crippen LogP contribution in [0.3, 0.4) is 0 Å². The first-order valence-electron chi connectivity index (χ1n) is 6.86. The lowest BCUT2D eigenvalue weighted by atomic mass is 10.2. The highest BCUT2D eigenvalue weighted by atomic mass is 16.2. The predicted molar refractivity (Wildman–Crippen MR) is 77.7 cm³/mol. The molecule has 5 nitrogen and oxygen atoms in total. The smallest absolute Gasteiger partial charge is 0.322 e. The summed E-state index contributed by atoms with van der Waals surface area (Å²) < 4.78 is 1.96. The second-order valence-electron chi connectivity index (χ2n) is 5.14. The van der Waals surface area contributed by atoms with Gasteiger partial charge in [-0.05, 0) is 25.0 Å². The van der Waals surface area contributed by atoms with Gasteiger partial charge in [0.15, 0.2) is 0 Å². The zero-order valence-electron chi connectivity index (χ0n) is 11.5. The van der Waals surface area contributed by atoms with Crippen LogP contribution < -0.4 is 10.2 Å². The molecule has 0 aliphatic carbocycles. The fourth-order valence-electron chi connectivity index (χ4n) is 2.59. The van der Waals surface area contributed by atoms with E-state index in [4.69, 9.17) is 0 Å². The third kappa shape index (κ3) is 2.52. The van der Waals surface area contributed by atoms with Crippen LogP contribution in [-0.2, 0) is 13.0 Å². The van der Waals surface area contributed by atoms with Crippen LogP contribution in [0, 0.1) is 0 Å². The van der Waals surface area contributed by atoms with E-state index in [-0.39, 0.29) is 12.1 Å². The zero-order valence-corrected chi connectivity index (χ0v) is 11.5. The summed E-state index contributed by atoms with van der Waals surface area (Å²) in [7, 11) is 0. The van der Waals surface area contributed by atoms with Crippen LogP contribution in [0.15, 0.2) is 43.0 Å². The van der Waals surface area contributed by atoms with E-state index in [1.54, 1.807) is 12.5 Å². The summed E-state index contributed by atoms with van der Waals surface area (Å²) in [5.74, 6) is 0. The minimum absolute atomic E-state index is 0.0254. The fourth-order valence-corrected chi connectivity index (χ4v) is 2.59. The highest BCUT2D eigenvalue weighted by Crippen LogP contribution is 2.27. The highest BCUT2D eigenvalue weighted by molar-refractivity contribution is 5.94. The van der Waals surface area contributed by atoms with Crippen molar-refractivity contribution in [1.82, 2.24) is 14.9 Å². The Balaban J connectivity index is 1.63. The molecule has 1 aromatic carbocycles. The third-order valence-corrected chi connectivity index (χ3v) is 3.55. The Morgan fingerprint density at radius 3 is 3.10 bits per heavy atom. The van der Waals surface area contributed by atoms with Gasteiger partial charge in [-0.1, -0.05) is 18.2 Å². The molecule has 1 aliphatic rings. The normalized spacial score (nSPS) is 14.9. The summed E-state index contributed by atoms with van der Waals surface area (Å²) in [4.78, 5) is 18.2. The second kappa shape index (κ2) is 5.36. The molecule has 104 valence electrons. The topological polar surface area (TPSA) is 50.2 Å². The number of amides is 2. The monoisotopic (exact) mass is 270 g/mol. The van der Waals surface area contributed by atoms with Gasteiger partial charge in [-0.25, -0.2) is 9.78 Å². The van der Waals surface area contributed by atoms with Crippen molar-refractivity contribution in [2.45, 2.75) is 25.9 Å².